The van der Waals surface area contributed by atoms with Crippen LogP contribution >= 0.6 is 0 Å². The molecule has 0 saturated heterocycles. The minimum atomic E-state index is 0.459. The highest BCUT2D eigenvalue weighted by molar-refractivity contribution is 5.68. The van der Waals surface area contributed by atoms with Crippen LogP contribution in [0.1, 0.15) is 42.3 Å². The molecule has 1 aromatic rings. The number of aryl methyl sites for hydroxylation is 1. The quantitative estimate of drug-likeness (QED) is 0.683. The van der Waals surface area contributed by atoms with Crippen LogP contribution in [-0.2, 0) is 0 Å². The number of hydrogen-bond donors (Lipinski definition) is 2. The Hall–Kier alpha value is -1.38. The van der Waals surface area contributed by atoms with E-state index in [-0.39, 0.29) is 0 Å². The molecule has 76 valence electrons. The lowest BCUT2D eigenvalue weighted by molar-refractivity contribution is 0.820. The average Bonchev–Trinajstić information content (AvgIpc) is 2.41. The summed E-state index contributed by atoms with van der Waals surface area (Å²) in [7, 11) is 0. The van der Waals surface area contributed by atoms with Gasteiger partial charge in [-0.25, -0.2) is 5.53 Å². The zero-order valence-corrected chi connectivity index (χ0v) is 9.23. The molecule has 1 heterocycles. The van der Waals surface area contributed by atoms with Crippen LogP contribution in [0.2, 0.25) is 0 Å². The van der Waals surface area contributed by atoms with Crippen molar-refractivity contribution in [3.8, 4) is 0 Å². The lowest BCUT2D eigenvalue weighted by Crippen LogP contribution is -1.90. The molecule has 0 fully saturated rings. The summed E-state index contributed by atoms with van der Waals surface area (Å²) < 4.78 is 0. The van der Waals surface area contributed by atoms with Crippen LogP contribution in [0.4, 0.5) is 0 Å². The van der Waals surface area contributed by atoms with Gasteiger partial charge in [-0.05, 0) is 25.3 Å². The predicted molar refractivity (Wildman–Crippen MR) is 58.5 cm³/mol. The molecular formula is C11H17N3. The number of nitrogens with one attached hydrogen (secondary N) is 2. The molecule has 0 saturated carbocycles. The maximum absolute atomic E-state index is 6.97. The van der Waals surface area contributed by atoms with Crippen molar-refractivity contribution >= 4 is 5.70 Å². The Kier molecular flexibility index (Phi) is 2.89. The second kappa shape index (κ2) is 3.78. The Bertz CT molecular complexity index is 372. The SMILES string of the molecule is C=C(N=N)c1c(C)[nH]c(C(C)C)c1C. The van der Waals surface area contributed by atoms with Crippen molar-refractivity contribution in [2.24, 2.45) is 5.11 Å². The number of H-pyrrole nitrogens is 1. The van der Waals surface area contributed by atoms with Gasteiger partial charge in [0, 0.05) is 17.0 Å². The summed E-state index contributed by atoms with van der Waals surface area (Å²) in [6.45, 7) is 12.1. The predicted octanol–water partition coefficient (Wildman–Crippen LogP) is 3.76. The summed E-state index contributed by atoms with van der Waals surface area (Å²) in [4.78, 5) is 3.32. The molecule has 0 unspecified atom stereocenters. The Labute approximate surface area is 84.7 Å². The Balaban J connectivity index is 3.31. The third-order valence-electron chi connectivity index (χ3n) is 2.48. The lowest BCUT2D eigenvalue weighted by Gasteiger charge is -2.04. The molecule has 0 aliphatic rings. The summed E-state index contributed by atoms with van der Waals surface area (Å²) in [5.74, 6) is 0.459. The fraction of sp³-hybridized carbons (Fsp3) is 0.455. The smallest absolute Gasteiger partial charge is 0.0871 e. The van der Waals surface area contributed by atoms with Crippen LogP contribution in [0.3, 0.4) is 0 Å². The van der Waals surface area contributed by atoms with Gasteiger partial charge < -0.3 is 4.98 Å². The van der Waals surface area contributed by atoms with Gasteiger partial charge in [0.15, 0.2) is 0 Å². The molecule has 0 amide bonds. The molecule has 3 nitrogen and oxygen atoms in total. The van der Waals surface area contributed by atoms with Crippen molar-refractivity contribution in [1.29, 1.82) is 5.53 Å². The van der Waals surface area contributed by atoms with E-state index in [1.807, 2.05) is 13.8 Å². The molecule has 0 radical (unpaired) electrons. The molecule has 0 aliphatic heterocycles. The van der Waals surface area contributed by atoms with Gasteiger partial charge in [0.2, 0.25) is 0 Å². The average molecular weight is 191 g/mol. The summed E-state index contributed by atoms with van der Waals surface area (Å²) in [5, 5.41) is 3.39. The molecule has 0 aromatic carbocycles. The highest BCUT2D eigenvalue weighted by atomic mass is 15.0. The number of aromatic nitrogens is 1. The zero-order chi connectivity index (χ0) is 10.9. The second-order valence-corrected chi connectivity index (χ2v) is 3.88. The van der Waals surface area contributed by atoms with E-state index in [9.17, 15) is 0 Å². The van der Waals surface area contributed by atoms with Crippen molar-refractivity contribution in [3.63, 3.8) is 0 Å². The third-order valence-corrected chi connectivity index (χ3v) is 2.48. The highest BCUT2D eigenvalue weighted by Crippen LogP contribution is 2.28. The zero-order valence-electron chi connectivity index (χ0n) is 9.23. The van der Waals surface area contributed by atoms with Gasteiger partial charge in [0.25, 0.3) is 0 Å². The molecule has 1 rings (SSSR count). The number of aromatic amines is 1. The van der Waals surface area contributed by atoms with Gasteiger partial charge in [-0.2, -0.15) is 5.11 Å². The van der Waals surface area contributed by atoms with Gasteiger partial charge in [-0.15, -0.1) is 0 Å². The molecule has 2 N–H and O–H groups in total. The molecule has 0 spiro atoms. The first-order valence-electron chi connectivity index (χ1n) is 4.74. The Morgan fingerprint density at radius 2 is 2.00 bits per heavy atom. The molecule has 0 aliphatic carbocycles. The molecular weight excluding hydrogens is 174 g/mol. The molecule has 3 heteroatoms. The maximum Gasteiger partial charge on any atom is 0.0871 e. The van der Waals surface area contributed by atoms with Crippen molar-refractivity contribution in [2.75, 3.05) is 0 Å². The number of hydrogen-bond acceptors (Lipinski definition) is 2. The normalized spacial score (nSPS) is 10.6. The number of rotatable bonds is 3. The second-order valence-electron chi connectivity index (χ2n) is 3.88. The van der Waals surface area contributed by atoms with E-state index in [1.54, 1.807) is 0 Å². The highest BCUT2D eigenvalue weighted by Gasteiger charge is 2.15. The fourth-order valence-electron chi connectivity index (χ4n) is 1.84. The Morgan fingerprint density at radius 1 is 1.43 bits per heavy atom. The van der Waals surface area contributed by atoms with E-state index in [2.05, 4.69) is 30.5 Å². The van der Waals surface area contributed by atoms with Crippen molar-refractivity contribution < 1.29 is 0 Å². The summed E-state index contributed by atoms with van der Waals surface area (Å²) in [5.41, 5.74) is 11.9. The van der Waals surface area contributed by atoms with E-state index >= 15 is 0 Å². The standard InChI is InChI=1S/C11H17N3/c1-6(2)11-7(3)10(8(4)13-11)9(5)14-12/h6,12-13H,5H2,1-4H3. The van der Waals surface area contributed by atoms with E-state index in [4.69, 9.17) is 5.53 Å². The minimum Gasteiger partial charge on any atom is -0.361 e. The van der Waals surface area contributed by atoms with Gasteiger partial charge in [-0.1, -0.05) is 20.4 Å². The summed E-state index contributed by atoms with van der Waals surface area (Å²) in [6, 6.07) is 0. The van der Waals surface area contributed by atoms with Crippen LogP contribution in [-0.4, -0.2) is 4.98 Å². The first-order chi connectivity index (χ1) is 6.49. The summed E-state index contributed by atoms with van der Waals surface area (Å²) >= 11 is 0. The van der Waals surface area contributed by atoms with Gasteiger partial charge in [0.1, 0.15) is 0 Å². The van der Waals surface area contributed by atoms with Crippen LogP contribution in [0.25, 0.3) is 5.70 Å². The molecule has 0 bridgehead atoms. The van der Waals surface area contributed by atoms with E-state index in [0.29, 0.717) is 11.6 Å². The first kappa shape index (κ1) is 10.7. The number of nitrogens with zero attached hydrogens (tertiary/aromatic N) is 1. The first-order valence-corrected chi connectivity index (χ1v) is 4.74. The van der Waals surface area contributed by atoms with E-state index in [1.165, 1.54) is 11.3 Å². The topological polar surface area (TPSA) is 52.0 Å². The monoisotopic (exact) mass is 191 g/mol. The fourth-order valence-corrected chi connectivity index (χ4v) is 1.84. The molecule has 14 heavy (non-hydrogen) atoms. The van der Waals surface area contributed by atoms with Crippen molar-refractivity contribution in [3.05, 3.63) is 29.1 Å². The summed E-state index contributed by atoms with van der Waals surface area (Å²) in [6.07, 6.45) is 0. The van der Waals surface area contributed by atoms with Gasteiger partial charge in [0.05, 0.1) is 5.70 Å². The van der Waals surface area contributed by atoms with Crippen LogP contribution < -0.4 is 0 Å². The Morgan fingerprint density at radius 3 is 2.36 bits per heavy atom. The van der Waals surface area contributed by atoms with Crippen LogP contribution in [0, 0.1) is 19.4 Å². The van der Waals surface area contributed by atoms with E-state index < -0.39 is 0 Å². The van der Waals surface area contributed by atoms with Gasteiger partial charge >= 0.3 is 0 Å². The molecule has 0 atom stereocenters. The van der Waals surface area contributed by atoms with Gasteiger partial charge in [-0.3, -0.25) is 0 Å². The largest absolute Gasteiger partial charge is 0.361 e. The van der Waals surface area contributed by atoms with Crippen LogP contribution in [0.5, 0.6) is 0 Å². The maximum atomic E-state index is 6.97. The van der Waals surface area contributed by atoms with Crippen molar-refractivity contribution in [1.82, 2.24) is 4.98 Å². The van der Waals surface area contributed by atoms with Crippen molar-refractivity contribution in [2.45, 2.75) is 33.6 Å². The van der Waals surface area contributed by atoms with Crippen LogP contribution in [0.15, 0.2) is 11.7 Å². The lowest BCUT2D eigenvalue weighted by atomic mass is 10.0. The molecule has 1 aromatic heterocycles. The third kappa shape index (κ3) is 1.62. The van der Waals surface area contributed by atoms with E-state index in [0.717, 1.165) is 11.3 Å². The minimum absolute atomic E-state index is 0.459.